The summed E-state index contributed by atoms with van der Waals surface area (Å²) in [6.07, 6.45) is 3.53. The minimum atomic E-state index is 0.0611. The van der Waals surface area contributed by atoms with Crippen LogP contribution in [0.1, 0.15) is 173 Å². The molecule has 1 aliphatic rings. The Hall–Kier alpha value is -9.22. The van der Waals surface area contributed by atoms with Crippen LogP contribution in [-0.4, -0.2) is 44.8 Å². The predicted octanol–water partition coefficient (Wildman–Crippen LogP) is 27.8. The molecule has 0 N–H and O–H groups in total. The van der Waals surface area contributed by atoms with E-state index in [9.17, 15) is 0 Å². The fourth-order valence-corrected chi connectivity index (χ4v) is 12.3. The fraction of sp³-hybridized carbons (Fsp3) is 0.340. The first kappa shape index (κ1) is 89.0. The minimum Gasteiger partial charge on any atom is -0.497 e. The van der Waals surface area contributed by atoms with E-state index >= 15 is 0 Å². The van der Waals surface area contributed by atoms with Crippen LogP contribution in [-0.2, 0) is 25.3 Å². The maximum atomic E-state index is 5.08. The Morgan fingerprint density at radius 3 is 0.952 bits per heavy atom. The molecule has 13 rings (SSSR count). The fourth-order valence-electron chi connectivity index (χ4n) is 12.3. The van der Waals surface area contributed by atoms with Gasteiger partial charge in [-0.15, -0.1) is 0 Å². The molecule has 4 nitrogen and oxygen atoms in total. The highest BCUT2D eigenvalue weighted by atomic mass is 16.5. The molecule has 4 heteroatoms. The third-order valence-electron chi connectivity index (χ3n) is 17.2. The Balaban J connectivity index is 0.000000313. The van der Waals surface area contributed by atoms with Crippen molar-refractivity contribution in [2.24, 2.45) is 7.05 Å². The number of hydrogen-bond acceptors (Lipinski definition) is 3. The molecular formula is C100H132N2O2. The van der Waals surface area contributed by atoms with Crippen LogP contribution in [0.25, 0.3) is 44.1 Å². The Labute approximate surface area is 633 Å². The van der Waals surface area contributed by atoms with Crippen molar-refractivity contribution in [2.45, 2.75) is 191 Å². The molecule has 11 aromatic carbocycles. The van der Waals surface area contributed by atoms with Crippen LogP contribution in [0.4, 0.5) is 0 Å². The highest BCUT2D eigenvalue weighted by Gasteiger charge is 2.35. The number of aryl methyl sites for hydroxylation is 19. The van der Waals surface area contributed by atoms with Crippen molar-refractivity contribution in [1.29, 1.82) is 0 Å². The molecule has 12 aromatic rings. The minimum absolute atomic E-state index is 0.0611. The zero-order valence-corrected chi connectivity index (χ0v) is 70.1. The highest BCUT2D eigenvalue weighted by molar-refractivity contribution is 6.08. The molecule has 0 unspecified atom stereocenters. The Morgan fingerprint density at radius 2 is 0.587 bits per heavy atom. The summed E-state index contributed by atoms with van der Waals surface area (Å²) < 4.78 is 12.3. The van der Waals surface area contributed by atoms with E-state index in [4.69, 9.17) is 9.47 Å². The lowest BCUT2D eigenvalue weighted by molar-refractivity contribution is 0.414. The first-order chi connectivity index (χ1) is 49.2. The molecule has 0 saturated heterocycles. The van der Waals surface area contributed by atoms with Gasteiger partial charge < -0.3 is 18.9 Å². The summed E-state index contributed by atoms with van der Waals surface area (Å²) in [5.41, 5.74) is 35.0. The van der Waals surface area contributed by atoms with Gasteiger partial charge in [0.25, 0.3) is 0 Å². The smallest absolute Gasteiger partial charge is 0.119 e. The van der Waals surface area contributed by atoms with Crippen molar-refractivity contribution < 1.29 is 9.47 Å². The SMILES string of the molecule is CC.CCC.CCc1cc(C)cc(C)c1.CCc1ccc(C)cc1.CN(C)C.COc1cc(C)cc(C)c1.COc1ccc(C)cc1.Cc1cc(C)cc(-c2ccc3c(c2)C(C)(C)c2cc(C)ccc2-3)c1.Cc1cc(C)cc(C)c1.Cc1ccc(C)cc1.Cc1ccc2c(c1)c1cc(C)ccc1n2C. The van der Waals surface area contributed by atoms with Gasteiger partial charge in [0.1, 0.15) is 11.5 Å². The molecule has 0 fully saturated rings. The summed E-state index contributed by atoms with van der Waals surface area (Å²) in [5.74, 6) is 1.86. The highest BCUT2D eigenvalue weighted by Crippen LogP contribution is 2.50. The third-order valence-corrected chi connectivity index (χ3v) is 17.2. The molecule has 0 bridgehead atoms. The van der Waals surface area contributed by atoms with Crippen LogP contribution in [0.3, 0.4) is 0 Å². The lowest BCUT2D eigenvalue weighted by Crippen LogP contribution is -2.15. The predicted molar refractivity (Wildman–Crippen MR) is 463 cm³/mol. The molecule has 0 atom stereocenters. The zero-order chi connectivity index (χ0) is 78.0. The number of ether oxygens (including phenoxy) is 2. The molecule has 104 heavy (non-hydrogen) atoms. The Morgan fingerprint density at radius 1 is 0.298 bits per heavy atom. The first-order valence-electron chi connectivity index (χ1n) is 37.6. The van der Waals surface area contributed by atoms with E-state index in [2.05, 4.69) is 346 Å². The van der Waals surface area contributed by atoms with Crippen LogP contribution in [0.2, 0.25) is 0 Å². The van der Waals surface area contributed by atoms with Crippen LogP contribution < -0.4 is 9.47 Å². The van der Waals surface area contributed by atoms with Crippen molar-refractivity contribution in [3.63, 3.8) is 0 Å². The molecule has 1 aliphatic carbocycles. The topological polar surface area (TPSA) is 26.6 Å². The van der Waals surface area contributed by atoms with Crippen LogP contribution in [0.15, 0.2) is 218 Å². The summed E-state index contributed by atoms with van der Waals surface area (Å²) >= 11 is 0. The summed E-state index contributed by atoms with van der Waals surface area (Å²) in [6.45, 7) is 51.3. The molecule has 0 aliphatic heterocycles. The molecular weight excluding hydrogens is 1260 g/mol. The van der Waals surface area contributed by atoms with Crippen LogP contribution in [0.5, 0.6) is 11.5 Å². The summed E-state index contributed by atoms with van der Waals surface area (Å²) in [5, 5.41) is 2.72. The average molecular weight is 1390 g/mol. The zero-order valence-electron chi connectivity index (χ0n) is 70.1. The largest absolute Gasteiger partial charge is 0.497 e. The molecule has 0 saturated carbocycles. The van der Waals surface area contributed by atoms with Crippen molar-refractivity contribution >= 4 is 21.8 Å². The summed E-state index contributed by atoms with van der Waals surface area (Å²) in [7, 11) is 11.5. The standard InChI is InChI=1S/C24H24.C15H15N.C10H14.C9H12O.2C9H12.C8H10O.C8H10.C3H9N.C3H8.C2H6/c1-15-6-8-20-21-9-7-18(19-11-16(2)10-17(3)12-19)14-23(21)24(4,5)22(20)13-15;1-10-4-6-14-12(8-10)13-9-11(2)5-7-15(13)16(14)3;1-4-10-6-8(2)5-9(3)7-10;1-7-4-8(2)6-9(5-7)10-3;1-7-4-8(2)6-9(3)5-7;1-3-9-6-4-8(2)5-7-9;1-7-3-5-8(9-2)6-4-7;1-7-3-5-8(2)6-4-7;1-4(2)3;1-3-2;1-2/h6-14H,1-5H3;4-9H,1-3H3;5-7H,4H2,1-3H3;4-6H,1-3H3;4-6H,1-3H3;4-7H,3H2,1-2H3;3-6H,1-2H3;3-6H,1-2H3;1-3H3;3H2,1-2H3;1-2H3. The molecule has 1 heterocycles. The normalized spacial score (nSPS) is 10.7. The number of benzene rings is 11. The van der Waals surface area contributed by atoms with E-state index in [1.165, 1.54) is 162 Å². The van der Waals surface area contributed by atoms with Crippen molar-refractivity contribution in [3.05, 3.63) is 330 Å². The van der Waals surface area contributed by atoms with Gasteiger partial charge in [-0.05, 0) is 255 Å². The van der Waals surface area contributed by atoms with Gasteiger partial charge in [0, 0.05) is 34.3 Å². The van der Waals surface area contributed by atoms with E-state index in [0.717, 1.165) is 24.3 Å². The number of fused-ring (bicyclic) bond motifs is 6. The van der Waals surface area contributed by atoms with Gasteiger partial charge in [-0.3, -0.25) is 0 Å². The number of nitrogens with zero attached hydrogens (tertiary/aromatic N) is 2. The average Bonchev–Trinajstić information content (AvgIpc) is 1.59. The Bertz CT molecular complexity index is 4210. The second-order valence-corrected chi connectivity index (χ2v) is 29.0. The summed E-state index contributed by atoms with van der Waals surface area (Å²) in [4.78, 5) is 2.00. The van der Waals surface area contributed by atoms with Gasteiger partial charge in [0.2, 0.25) is 0 Å². The van der Waals surface area contributed by atoms with E-state index in [1.54, 1.807) is 14.2 Å². The maximum Gasteiger partial charge on any atom is 0.119 e. The number of rotatable bonds is 5. The maximum absolute atomic E-state index is 5.08. The second kappa shape index (κ2) is 45.1. The van der Waals surface area contributed by atoms with Crippen molar-refractivity contribution in [3.8, 4) is 33.8 Å². The van der Waals surface area contributed by atoms with E-state index in [1.807, 2.05) is 76.3 Å². The van der Waals surface area contributed by atoms with Crippen LogP contribution >= 0.6 is 0 Å². The lowest BCUT2D eigenvalue weighted by atomic mass is 9.81. The van der Waals surface area contributed by atoms with E-state index < -0.39 is 0 Å². The lowest BCUT2D eigenvalue weighted by Gasteiger charge is -2.22. The quantitative estimate of drug-likeness (QED) is 0.172. The van der Waals surface area contributed by atoms with Crippen molar-refractivity contribution in [1.82, 2.24) is 9.47 Å². The van der Waals surface area contributed by atoms with Gasteiger partial charge in [0.15, 0.2) is 0 Å². The van der Waals surface area contributed by atoms with Gasteiger partial charge in [-0.1, -0.05) is 303 Å². The second-order valence-electron chi connectivity index (χ2n) is 29.0. The van der Waals surface area contributed by atoms with Crippen molar-refractivity contribution in [2.75, 3.05) is 35.4 Å². The van der Waals surface area contributed by atoms with Gasteiger partial charge in [0.05, 0.1) is 14.2 Å². The number of hydrogen-bond donors (Lipinski definition) is 0. The van der Waals surface area contributed by atoms with E-state index in [-0.39, 0.29) is 5.41 Å². The number of methoxy groups -OCH3 is 2. The number of aromatic nitrogens is 1. The van der Waals surface area contributed by atoms with E-state index in [0.29, 0.717) is 0 Å². The Kier molecular flexibility index (Phi) is 38.6. The molecule has 554 valence electrons. The molecule has 1 aromatic heterocycles. The first-order valence-corrected chi connectivity index (χ1v) is 37.6. The molecule has 0 radical (unpaired) electrons. The van der Waals surface area contributed by atoms with Gasteiger partial charge >= 0.3 is 0 Å². The molecule has 0 amide bonds. The monoisotopic (exact) mass is 1390 g/mol. The molecule has 0 spiro atoms. The third kappa shape index (κ3) is 30.2. The van der Waals surface area contributed by atoms with Crippen LogP contribution in [0, 0.1) is 111 Å². The summed E-state index contributed by atoms with van der Waals surface area (Å²) in [6, 6.07) is 78.5. The van der Waals surface area contributed by atoms with Gasteiger partial charge in [-0.25, -0.2) is 0 Å². The van der Waals surface area contributed by atoms with Gasteiger partial charge in [-0.2, -0.15) is 0 Å².